The molecule has 1 aromatic carbocycles. The maximum atomic E-state index is 13.3. The molecule has 10 nitrogen and oxygen atoms in total. The summed E-state index contributed by atoms with van der Waals surface area (Å²) in [6.07, 6.45) is -2.12. The number of nitrogens with one attached hydrogen (secondary N) is 1. The summed E-state index contributed by atoms with van der Waals surface area (Å²) in [6.45, 7) is -0.103. The number of alkyl halides is 3. The van der Waals surface area contributed by atoms with E-state index in [1.807, 2.05) is 0 Å². The van der Waals surface area contributed by atoms with Crippen LogP contribution in [0.3, 0.4) is 0 Å². The highest BCUT2D eigenvalue weighted by molar-refractivity contribution is 7.88. The quantitative estimate of drug-likeness (QED) is 0.556. The summed E-state index contributed by atoms with van der Waals surface area (Å²) in [5.74, 6) is -0.326. The first-order valence-electron chi connectivity index (χ1n) is 10.2. The van der Waals surface area contributed by atoms with Gasteiger partial charge in [-0.3, -0.25) is 9.59 Å². The average molecular weight is 511 g/mol. The number of benzene rings is 1. The molecule has 1 aliphatic rings. The lowest BCUT2D eigenvalue weighted by atomic mass is 10.0. The van der Waals surface area contributed by atoms with Gasteiger partial charge in [-0.15, -0.1) is 18.3 Å². The molecule has 3 aromatic rings. The third-order valence-corrected chi connectivity index (χ3v) is 6.66. The Balaban J connectivity index is 1.84. The van der Waals surface area contributed by atoms with Crippen LogP contribution < -0.4 is 21.2 Å². The van der Waals surface area contributed by atoms with Gasteiger partial charge in [-0.1, -0.05) is 0 Å². The number of ether oxygens (including phenoxy) is 1. The summed E-state index contributed by atoms with van der Waals surface area (Å²) in [5.41, 5.74) is -0.105. The van der Waals surface area contributed by atoms with Crippen molar-refractivity contribution in [3.05, 3.63) is 74.4 Å². The van der Waals surface area contributed by atoms with Crippen LogP contribution in [0.15, 0.2) is 52.2 Å². The molecule has 186 valence electrons. The number of aryl methyl sites for hydroxylation is 1. The van der Waals surface area contributed by atoms with Crippen LogP contribution in [-0.2, 0) is 30.0 Å². The first-order chi connectivity index (χ1) is 16.3. The summed E-state index contributed by atoms with van der Waals surface area (Å²) < 4.78 is 69.0. The molecular weight excluding hydrogens is 491 g/mol. The van der Waals surface area contributed by atoms with E-state index in [2.05, 4.69) is 15.2 Å². The number of anilines is 2. The Hall–Kier alpha value is -3.65. The maximum absolute atomic E-state index is 13.3. The van der Waals surface area contributed by atoms with Crippen molar-refractivity contribution < 1.29 is 26.3 Å². The normalized spacial score (nSPS) is 14.4. The largest absolute Gasteiger partial charge is 0.573 e. The summed E-state index contributed by atoms with van der Waals surface area (Å²) in [7, 11) is -2.04. The molecule has 0 unspecified atom stereocenters. The minimum absolute atomic E-state index is 0.113. The Kier molecular flexibility index (Phi) is 6.19. The molecule has 4 rings (SSSR count). The van der Waals surface area contributed by atoms with Gasteiger partial charge in [0.05, 0.1) is 11.9 Å². The van der Waals surface area contributed by atoms with Crippen molar-refractivity contribution in [2.45, 2.75) is 19.3 Å². The van der Waals surface area contributed by atoms with Crippen molar-refractivity contribution in [3.63, 3.8) is 0 Å². The lowest BCUT2D eigenvalue weighted by molar-refractivity contribution is -0.274. The number of nitrogens with zero attached hydrogens (tertiary/aromatic N) is 4. The highest BCUT2D eigenvalue weighted by Gasteiger charge is 2.31. The fourth-order valence-electron chi connectivity index (χ4n) is 3.70. The molecule has 35 heavy (non-hydrogen) atoms. The molecular formula is C21H20F3N5O5S. The van der Waals surface area contributed by atoms with Gasteiger partial charge in [0, 0.05) is 37.5 Å². The van der Waals surface area contributed by atoms with Crippen LogP contribution in [0, 0.1) is 0 Å². The van der Waals surface area contributed by atoms with Crippen LogP contribution in [0.1, 0.15) is 11.1 Å². The smallest absolute Gasteiger partial charge is 0.406 e. The Morgan fingerprint density at radius 2 is 1.74 bits per heavy atom. The van der Waals surface area contributed by atoms with Crippen LogP contribution >= 0.6 is 0 Å². The maximum Gasteiger partial charge on any atom is 0.573 e. The zero-order chi connectivity index (χ0) is 25.5. The van der Waals surface area contributed by atoms with Gasteiger partial charge in [0.15, 0.2) is 5.82 Å². The summed E-state index contributed by atoms with van der Waals surface area (Å²) in [6, 6.07) is 7.64. The van der Waals surface area contributed by atoms with E-state index in [4.69, 9.17) is 0 Å². The summed E-state index contributed by atoms with van der Waals surface area (Å²) >= 11 is 0. The van der Waals surface area contributed by atoms with Crippen molar-refractivity contribution in [3.8, 4) is 11.4 Å². The Labute approximate surface area is 197 Å². The third-order valence-electron chi connectivity index (χ3n) is 5.41. The second-order valence-electron chi connectivity index (χ2n) is 7.87. The monoisotopic (exact) mass is 511 g/mol. The molecule has 14 heteroatoms. The van der Waals surface area contributed by atoms with E-state index in [0.717, 1.165) is 27.4 Å². The molecule has 0 fully saturated rings. The molecule has 1 aliphatic heterocycles. The Morgan fingerprint density at radius 1 is 1.06 bits per heavy atom. The topological polar surface area (TPSA) is 116 Å². The van der Waals surface area contributed by atoms with Gasteiger partial charge < -0.3 is 14.6 Å². The second kappa shape index (κ2) is 8.85. The highest BCUT2D eigenvalue weighted by atomic mass is 32.2. The predicted octanol–water partition coefficient (Wildman–Crippen LogP) is 1.89. The van der Waals surface area contributed by atoms with Crippen LogP contribution in [0.5, 0.6) is 5.75 Å². The zero-order valence-corrected chi connectivity index (χ0v) is 19.4. The first kappa shape index (κ1) is 24.5. The van der Waals surface area contributed by atoms with Gasteiger partial charge >= 0.3 is 6.36 Å². The third kappa shape index (κ3) is 5.22. The van der Waals surface area contributed by atoms with Crippen molar-refractivity contribution in [1.29, 1.82) is 0 Å². The SMILES string of the molecule is Cn1cccc(Nc2nn(-c3ccc(OC(F)(F)F)cc3)c(=O)c3c2CCN(S(C)(=O)=O)C3)c1=O. The molecule has 0 saturated heterocycles. The lowest BCUT2D eigenvalue weighted by Gasteiger charge is -2.28. The Bertz CT molecular complexity index is 1500. The van der Waals surface area contributed by atoms with E-state index in [1.165, 1.54) is 22.8 Å². The molecule has 0 spiro atoms. The lowest BCUT2D eigenvalue weighted by Crippen LogP contribution is -2.40. The molecule has 0 amide bonds. The molecule has 1 N–H and O–H groups in total. The van der Waals surface area contributed by atoms with E-state index >= 15 is 0 Å². The number of rotatable bonds is 5. The number of sulfonamides is 1. The number of pyridine rings is 1. The molecule has 0 bridgehead atoms. The minimum Gasteiger partial charge on any atom is -0.406 e. The van der Waals surface area contributed by atoms with E-state index in [0.29, 0.717) is 5.56 Å². The molecule has 2 aromatic heterocycles. The summed E-state index contributed by atoms with van der Waals surface area (Å²) in [5, 5.41) is 7.26. The summed E-state index contributed by atoms with van der Waals surface area (Å²) in [4.78, 5) is 25.8. The predicted molar refractivity (Wildman–Crippen MR) is 120 cm³/mol. The second-order valence-corrected chi connectivity index (χ2v) is 9.86. The number of hydrogen-bond acceptors (Lipinski definition) is 7. The molecule has 3 heterocycles. The van der Waals surface area contributed by atoms with Crippen LogP contribution in [-0.4, -0.2) is 46.2 Å². The van der Waals surface area contributed by atoms with E-state index < -0.39 is 27.7 Å². The molecule has 0 radical (unpaired) electrons. The fraction of sp³-hybridized carbons (Fsp3) is 0.286. The zero-order valence-electron chi connectivity index (χ0n) is 18.5. The van der Waals surface area contributed by atoms with Gasteiger partial charge in [0.1, 0.15) is 11.4 Å². The van der Waals surface area contributed by atoms with Crippen molar-refractivity contribution in [1.82, 2.24) is 18.7 Å². The number of fused-ring (bicyclic) bond motifs is 1. The van der Waals surface area contributed by atoms with Gasteiger partial charge in [0.25, 0.3) is 11.1 Å². The van der Waals surface area contributed by atoms with E-state index in [9.17, 15) is 31.2 Å². The van der Waals surface area contributed by atoms with Crippen LogP contribution in [0.4, 0.5) is 24.7 Å². The van der Waals surface area contributed by atoms with Crippen LogP contribution in [0.25, 0.3) is 5.69 Å². The molecule has 0 aliphatic carbocycles. The van der Waals surface area contributed by atoms with Crippen LogP contribution in [0.2, 0.25) is 0 Å². The number of halogens is 3. The first-order valence-corrected chi connectivity index (χ1v) is 12.1. The minimum atomic E-state index is -4.88. The van der Waals surface area contributed by atoms with Gasteiger partial charge in [-0.05, 0) is 42.8 Å². The van der Waals surface area contributed by atoms with Crippen molar-refractivity contribution >= 4 is 21.5 Å². The molecule has 0 saturated carbocycles. The standard InChI is InChI=1S/C21H20F3N5O5S/c1-27-10-3-4-17(20(27)31)25-18-15-9-11-28(35(2,32)33)12-16(15)19(30)29(26-18)13-5-7-14(8-6-13)34-21(22,23)24/h3-8,10H,9,11-12H2,1-2H3,(H,25,26). The van der Waals surface area contributed by atoms with Gasteiger partial charge in [0.2, 0.25) is 10.0 Å². The van der Waals surface area contributed by atoms with Crippen molar-refractivity contribution in [2.24, 2.45) is 7.05 Å². The van der Waals surface area contributed by atoms with E-state index in [1.54, 1.807) is 19.3 Å². The molecule has 0 atom stereocenters. The average Bonchev–Trinajstić information content (AvgIpc) is 2.77. The van der Waals surface area contributed by atoms with Gasteiger partial charge in [-0.2, -0.15) is 8.99 Å². The fourth-order valence-corrected chi connectivity index (χ4v) is 4.48. The highest BCUT2D eigenvalue weighted by Crippen LogP contribution is 2.27. The number of hydrogen-bond donors (Lipinski definition) is 1. The van der Waals surface area contributed by atoms with Crippen molar-refractivity contribution in [2.75, 3.05) is 18.1 Å². The van der Waals surface area contributed by atoms with Gasteiger partial charge in [-0.25, -0.2) is 8.42 Å². The Morgan fingerprint density at radius 3 is 2.37 bits per heavy atom. The number of aromatic nitrogens is 3. The van der Waals surface area contributed by atoms with E-state index in [-0.39, 0.29) is 47.8 Å².